The fourth-order valence-electron chi connectivity index (χ4n) is 6.52. The highest BCUT2D eigenvalue weighted by molar-refractivity contribution is 7.11. The number of aromatic nitrogens is 2. The summed E-state index contributed by atoms with van der Waals surface area (Å²) in [6.45, 7) is 6.57. The van der Waals surface area contributed by atoms with E-state index in [-0.39, 0.29) is 47.7 Å². The van der Waals surface area contributed by atoms with E-state index in [0.29, 0.717) is 37.7 Å². The molecule has 4 amide bonds. The number of carbonyl (C=O) groups excluding carboxylic acids is 4. The van der Waals surface area contributed by atoms with Crippen LogP contribution < -0.4 is 10.9 Å². The SMILES string of the molecule is CC1(C)C[C@@H]1C(=O)N1CC2(CN(C(=O)c3cncs3)CC2C(=O)NNC(=O)Cc2nc(C3CCOCC3)ccc2F)C1. The van der Waals surface area contributed by atoms with Crippen molar-refractivity contribution < 1.29 is 28.3 Å². The standard InChI is InChI=1S/C29H35FN6O5S/c1-28(2)10-18(28)26(39)36-14-29(15-36)13-35(27(40)23-11-31-16-42-23)12-19(29)25(38)34-33-24(37)9-22-20(30)3-4-21(32-22)17-5-7-41-8-6-17/h3-4,11,16-19H,5-10,12-15H2,1-2H3,(H,33,37)(H,34,38)/t18-,19?/m1/s1. The van der Waals surface area contributed by atoms with Crippen molar-refractivity contribution in [2.24, 2.45) is 22.7 Å². The van der Waals surface area contributed by atoms with Gasteiger partial charge in [0.1, 0.15) is 10.7 Å². The van der Waals surface area contributed by atoms with Gasteiger partial charge in [0.2, 0.25) is 17.7 Å². The lowest BCUT2D eigenvalue weighted by atomic mass is 9.71. The number of ether oxygens (including phenoxy) is 1. The Morgan fingerprint density at radius 2 is 1.79 bits per heavy atom. The van der Waals surface area contributed by atoms with Crippen LogP contribution in [-0.2, 0) is 25.5 Å². The third-order valence-electron chi connectivity index (χ3n) is 9.26. The largest absolute Gasteiger partial charge is 0.381 e. The molecule has 11 nitrogen and oxygen atoms in total. The fourth-order valence-corrected chi connectivity index (χ4v) is 7.11. The molecule has 0 bridgehead atoms. The van der Waals surface area contributed by atoms with Crippen molar-refractivity contribution in [3.63, 3.8) is 0 Å². The first-order valence-corrected chi connectivity index (χ1v) is 15.2. The minimum atomic E-state index is -0.641. The predicted molar refractivity (Wildman–Crippen MR) is 149 cm³/mol. The van der Waals surface area contributed by atoms with Crippen molar-refractivity contribution in [3.05, 3.63) is 45.9 Å². The highest BCUT2D eigenvalue weighted by atomic mass is 32.1. The van der Waals surface area contributed by atoms with Gasteiger partial charge in [-0.05, 0) is 36.8 Å². The third-order valence-corrected chi connectivity index (χ3v) is 10.0. The normalized spacial score (nSPS) is 24.3. The molecule has 13 heteroatoms. The summed E-state index contributed by atoms with van der Waals surface area (Å²) in [6, 6.07) is 2.96. The Hall–Kier alpha value is -3.45. The zero-order valence-electron chi connectivity index (χ0n) is 23.7. The van der Waals surface area contributed by atoms with Gasteiger partial charge in [0.15, 0.2) is 0 Å². The predicted octanol–water partition coefficient (Wildman–Crippen LogP) is 1.91. The van der Waals surface area contributed by atoms with Gasteiger partial charge >= 0.3 is 0 Å². The second kappa shape index (κ2) is 11.0. The van der Waals surface area contributed by atoms with Crippen LogP contribution >= 0.6 is 11.3 Å². The molecular weight excluding hydrogens is 563 g/mol. The van der Waals surface area contributed by atoms with Crippen LogP contribution in [0.4, 0.5) is 4.39 Å². The molecule has 4 aliphatic rings. The van der Waals surface area contributed by atoms with E-state index in [0.717, 1.165) is 25.0 Å². The monoisotopic (exact) mass is 598 g/mol. The van der Waals surface area contributed by atoms with Crippen LogP contribution in [0.25, 0.3) is 0 Å². The number of amides is 4. The number of hydrogen-bond acceptors (Lipinski definition) is 8. The molecule has 42 heavy (non-hydrogen) atoms. The van der Waals surface area contributed by atoms with Gasteiger partial charge in [0.05, 0.1) is 29.7 Å². The lowest BCUT2D eigenvalue weighted by molar-refractivity contribution is -0.152. The molecule has 2 atom stereocenters. The first-order valence-electron chi connectivity index (χ1n) is 14.3. The lowest BCUT2D eigenvalue weighted by Gasteiger charge is -2.50. The minimum absolute atomic E-state index is 0.0105. The number of halogens is 1. The van der Waals surface area contributed by atoms with Crippen molar-refractivity contribution in [2.45, 2.75) is 45.4 Å². The molecule has 3 aliphatic heterocycles. The summed E-state index contributed by atoms with van der Waals surface area (Å²) >= 11 is 1.23. The second-order valence-electron chi connectivity index (χ2n) is 12.7. The van der Waals surface area contributed by atoms with E-state index in [2.05, 4.69) is 34.7 Å². The fraction of sp³-hybridized carbons (Fsp3) is 0.586. The maximum atomic E-state index is 14.5. The summed E-state index contributed by atoms with van der Waals surface area (Å²) in [5.41, 5.74) is 6.60. The Labute approximate surface area is 247 Å². The van der Waals surface area contributed by atoms with Crippen LogP contribution in [0.2, 0.25) is 0 Å². The second-order valence-corrected chi connectivity index (χ2v) is 13.6. The maximum absolute atomic E-state index is 14.5. The number of rotatable bonds is 6. The van der Waals surface area contributed by atoms with Crippen molar-refractivity contribution >= 4 is 35.0 Å². The van der Waals surface area contributed by atoms with E-state index in [1.165, 1.54) is 23.6 Å². The van der Waals surface area contributed by atoms with Crippen LogP contribution in [0, 0.1) is 28.5 Å². The van der Waals surface area contributed by atoms with Crippen LogP contribution in [0.15, 0.2) is 23.8 Å². The molecule has 1 spiro atoms. The summed E-state index contributed by atoms with van der Waals surface area (Å²) in [7, 11) is 0. The van der Waals surface area contributed by atoms with Gasteiger partial charge in [-0.3, -0.25) is 40.0 Å². The van der Waals surface area contributed by atoms with Crippen molar-refractivity contribution in [2.75, 3.05) is 39.4 Å². The molecule has 224 valence electrons. The molecule has 0 radical (unpaired) electrons. The summed E-state index contributed by atoms with van der Waals surface area (Å²) < 4.78 is 19.9. The van der Waals surface area contributed by atoms with Crippen molar-refractivity contribution in [3.8, 4) is 0 Å². The van der Waals surface area contributed by atoms with Crippen LogP contribution in [0.5, 0.6) is 0 Å². The quantitative estimate of drug-likeness (QED) is 0.486. The van der Waals surface area contributed by atoms with Gasteiger partial charge in [-0.25, -0.2) is 4.39 Å². The van der Waals surface area contributed by atoms with E-state index in [4.69, 9.17) is 4.74 Å². The number of hydrazine groups is 1. The molecule has 1 unspecified atom stereocenters. The van der Waals surface area contributed by atoms with E-state index >= 15 is 0 Å². The van der Waals surface area contributed by atoms with Crippen LogP contribution in [-0.4, -0.2) is 82.8 Å². The molecule has 6 rings (SSSR count). The molecule has 2 aromatic rings. The number of likely N-dealkylation sites (tertiary alicyclic amines) is 2. The topological polar surface area (TPSA) is 134 Å². The number of pyridine rings is 1. The molecule has 4 fully saturated rings. The number of thiazole rings is 1. The van der Waals surface area contributed by atoms with Gasteiger partial charge in [-0.2, -0.15) is 0 Å². The maximum Gasteiger partial charge on any atom is 0.265 e. The van der Waals surface area contributed by atoms with Crippen LogP contribution in [0.3, 0.4) is 0 Å². The molecule has 5 heterocycles. The van der Waals surface area contributed by atoms with Crippen molar-refractivity contribution in [1.82, 2.24) is 30.6 Å². The Kier molecular flexibility index (Phi) is 7.50. The van der Waals surface area contributed by atoms with Gasteiger partial charge in [0, 0.05) is 62.3 Å². The average Bonchev–Trinajstić information content (AvgIpc) is 3.34. The number of hydrogen-bond donors (Lipinski definition) is 2. The zero-order valence-corrected chi connectivity index (χ0v) is 24.5. The molecule has 2 aromatic heterocycles. The Morgan fingerprint density at radius 3 is 2.45 bits per heavy atom. The van der Waals surface area contributed by atoms with Gasteiger partial charge < -0.3 is 14.5 Å². The Morgan fingerprint density at radius 1 is 1.07 bits per heavy atom. The lowest BCUT2D eigenvalue weighted by Crippen LogP contribution is -2.65. The van der Waals surface area contributed by atoms with E-state index in [1.807, 2.05) is 0 Å². The van der Waals surface area contributed by atoms with E-state index in [9.17, 15) is 23.6 Å². The first-order chi connectivity index (χ1) is 20.1. The highest BCUT2D eigenvalue weighted by Gasteiger charge is 2.61. The number of nitrogens with one attached hydrogen (secondary N) is 2. The Bertz CT molecular complexity index is 1390. The molecule has 3 saturated heterocycles. The van der Waals surface area contributed by atoms with Gasteiger partial charge in [-0.15, -0.1) is 11.3 Å². The van der Waals surface area contributed by atoms with E-state index < -0.39 is 29.0 Å². The summed E-state index contributed by atoms with van der Waals surface area (Å²) in [5, 5.41) is 0. The number of nitrogens with zero attached hydrogens (tertiary/aromatic N) is 4. The first kappa shape index (κ1) is 28.7. The highest BCUT2D eigenvalue weighted by Crippen LogP contribution is 2.54. The molecule has 1 saturated carbocycles. The molecule has 1 aliphatic carbocycles. The van der Waals surface area contributed by atoms with Gasteiger partial charge in [-0.1, -0.05) is 13.8 Å². The Balaban J connectivity index is 1.10. The van der Waals surface area contributed by atoms with E-state index in [1.54, 1.807) is 21.4 Å². The number of carbonyl (C=O) groups is 4. The summed E-state index contributed by atoms with van der Waals surface area (Å²) in [5.74, 6) is -2.28. The van der Waals surface area contributed by atoms with Crippen molar-refractivity contribution in [1.29, 1.82) is 0 Å². The molecule has 0 aromatic carbocycles. The average molecular weight is 599 g/mol. The molecule has 2 N–H and O–H groups in total. The van der Waals surface area contributed by atoms with Gasteiger partial charge in [0.25, 0.3) is 5.91 Å². The molecular formula is C29H35FN6O5S. The smallest absolute Gasteiger partial charge is 0.265 e. The summed E-state index contributed by atoms with van der Waals surface area (Å²) in [4.78, 5) is 64.6. The minimum Gasteiger partial charge on any atom is -0.381 e. The summed E-state index contributed by atoms with van der Waals surface area (Å²) in [6.07, 6.45) is 3.58. The zero-order chi connectivity index (χ0) is 29.6. The third kappa shape index (κ3) is 5.51. The van der Waals surface area contributed by atoms with Crippen LogP contribution in [0.1, 0.15) is 60.1 Å².